The molecule has 0 saturated carbocycles. The molecule has 3 aromatic rings. The van der Waals surface area contributed by atoms with Gasteiger partial charge in [-0.25, -0.2) is 0 Å². The van der Waals surface area contributed by atoms with Crippen LogP contribution < -0.4 is 15.5 Å². The van der Waals surface area contributed by atoms with Crippen molar-refractivity contribution in [2.45, 2.75) is 39.8 Å². The minimum Gasteiger partial charge on any atom is -0.464 e. The summed E-state index contributed by atoms with van der Waals surface area (Å²) in [5.74, 6) is 1.57. The molecule has 2 aromatic heterocycles. The summed E-state index contributed by atoms with van der Waals surface area (Å²) < 4.78 is 6.03. The third kappa shape index (κ3) is 4.18. The molecule has 7 heteroatoms. The molecule has 3 heterocycles. The number of pyridine rings is 1. The molecule has 0 unspecified atom stereocenters. The van der Waals surface area contributed by atoms with Crippen LogP contribution in [0.3, 0.4) is 0 Å². The largest absolute Gasteiger partial charge is 0.464 e. The van der Waals surface area contributed by atoms with Gasteiger partial charge in [0.25, 0.3) is 0 Å². The number of hydrogen-bond acceptors (Lipinski definition) is 4. The number of thiocarbonyl (C=S) groups is 1. The third-order valence-corrected chi connectivity index (χ3v) is 5.74. The molecule has 1 aromatic carbocycles. The molecule has 1 fully saturated rings. The van der Waals surface area contributed by atoms with Gasteiger partial charge in [0.1, 0.15) is 17.6 Å². The minimum absolute atomic E-state index is 0.00615. The monoisotopic (exact) mass is 434 g/mol. The van der Waals surface area contributed by atoms with Crippen LogP contribution in [0, 0.1) is 19.8 Å². The molecule has 0 bridgehead atoms. The van der Waals surface area contributed by atoms with Crippen LogP contribution >= 0.6 is 12.2 Å². The van der Waals surface area contributed by atoms with Crippen molar-refractivity contribution < 1.29 is 9.21 Å². The van der Waals surface area contributed by atoms with Gasteiger partial charge in [0.05, 0.1) is 11.7 Å². The Morgan fingerprint density at radius 1 is 1.19 bits per heavy atom. The quantitative estimate of drug-likeness (QED) is 0.547. The normalized spacial score (nSPS) is 18.4. The number of rotatable bonds is 5. The van der Waals surface area contributed by atoms with E-state index < -0.39 is 0 Å². The molecule has 1 saturated heterocycles. The lowest BCUT2D eigenvalue weighted by atomic mass is 10.0. The molecular formula is C24H26N4O2S. The van der Waals surface area contributed by atoms with Gasteiger partial charge in [-0.15, -0.1) is 0 Å². The van der Waals surface area contributed by atoms with E-state index in [-0.39, 0.29) is 23.9 Å². The van der Waals surface area contributed by atoms with Crippen molar-refractivity contribution in [1.29, 1.82) is 0 Å². The van der Waals surface area contributed by atoms with Gasteiger partial charge in [0, 0.05) is 23.5 Å². The van der Waals surface area contributed by atoms with E-state index in [2.05, 4.69) is 20.5 Å². The van der Waals surface area contributed by atoms with Crippen molar-refractivity contribution in [3.8, 4) is 0 Å². The van der Waals surface area contributed by atoms with E-state index in [9.17, 15) is 4.79 Å². The van der Waals surface area contributed by atoms with Crippen molar-refractivity contribution in [3.63, 3.8) is 0 Å². The average molecular weight is 435 g/mol. The molecule has 160 valence electrons. The predicted octanol–water partition coefficient (Wildman–Crippen LogP) is 5.06. The molecule has 2 atom stereocenters. The van der Waals surface area contributed by atoms with E-state index in [1.54, 1.807) is 6.20 Å². The SMILES string of the molecule is Cc1ccc([C@@H]2[C@H](c3ccccn3)NC(=S)N2c2ccc(NC(=O)C(C)C)c(C)c2)o1. The van der Waals surface area contributed by atoms with Gasteiger partial charge in [-0.2, -0.15) is 0 Å². The van der Waals surface area contributed by atoms with Gasteiger partial charge >= 0.3 is 0 Å². The highest BCUT2D eigenvalue weighted by Crippen LogP contribution is 2.42. The second kappa shape index (κ2) is 8.51. The molecule has 1 aliphatic heterocycles. The Bertz CT molecular complexity index is 1110. The van der Waals surface area contributed by atoms with E-state index >= 15 is 0 Å². The number of amides is 1. The summed E-state index contributed by atoms with van der Waals surface area (Å²) in [6, 6.07) is 15.4. The Kier molecular flexibility index (Phi) is 5.78. The molecule has 2 N–H and O–H groups in total. The number of aryl methyl sites for hydroxylation is 2. The van der Waals surface area contributed by atoms with Gasteiger partial charge in [-0.3, -0.25) is 9.78 Å². The molecule has 6 nitrogen and oxygen atoms in total. The Labute approximate surface area is 187 Å². The molecule has 1 aliphatic rings. The van der Waals surface area contributed by atoms with Crippen LogP contribution in [0.15, 0.2) is 59.1 Å². The van der Waals surface area contributed by atoms with Crippen molar-refractivity contribution in [1.82, 2.24) is 10.3 Å². The van der Waals surface area contributed by atoms with Crippen LogP contribution in [0.5, 0.6) is 0 Å². The third-order valence-electron chi connectivity index (χ3n) is 5.42. The van der Waals surface area contributed by atoms with Crippen LogP contribution in [0.4, 0.5) is 11.4 Å². The van der Waals surface area contributed by atoms with Crippen molar-refractivity contribution >= 4 is 34.6 Å². The Morgan fingerprint density at radius 2 is 2.00 bits per heavy atom. The maximum Gasteiger partial charge on any atom is 0.226 e. The maximum absolute atomic E-state index is 12.1. The summed E-state index contributed by atoms with van der Waals surface area (Å²) >= 11 is 5.74. The number of nitrogens with one attached hydrogen (secondary N) is 2. The Hall–Kier alpha value is -3.19. The van der Waals surface area contributed by atoms with Crippen LogP contribution in [-0.2, 0) is 4.79 Å². The summed E-state index contributed by atoms with van der Waals surface area (Å²) in [7, 11) is 0. The first kappa shape index (κ1) is 21.1. The van der Waals surface area contributed by atoms with Crippen LogP contribution in [0.1, 0.15) is 48.7 Å². The average Bonchev–Trinajstić information content (AvgIpc) is 3.32. The molecule has 0 spiro atoms. The van der Waals surface area contributed by atoms with Crippen molar-refractivity contribution in [2.24, 2.45) is 5.92 Å². The first-order valence-electron chi connectivity index (χ1n) is 10.3. The van der Waals surface area contributed by atoms with Crippen LogP contribution in [0.2, 0.25) is 0 Å². The number of aromatic nitrogens is 1. The van der Waals surface area contributed by atoms with Gasteiger partial charge < -0.3 is 20.0 Å². The number of benzene rings is 1. The van der Waals surface area contributed by atoms with E-state index in [0.29, 0.717) is 5.11 Å². The number of anilines is 2. The first-order chi connectivity index (χ1) is 14.8. The summed E-state index contributed by atoms with van der Waals surface area (Å²) in [5.41, 5.74) is 3.58. The zero-order valence-corrected chi connectivity index (χ0v) is 18.9. The zero-order chi connectivity index (χ0) is 22.1. The van der Waals surface area contributed by atoms with Crippen LogP contribution in [0.25, 0.3) is 0 Å². The second-order valence-corrected chi connectivity index (χ2v) is 8.47. The van der Waals surface area contributed by atoms with Gasteiger partial charge in [-0.1, -0.05) is 19.9 Å². The lowest BCUT2D eigenvalue weighted by molar-refractivity contribution is -0.118. The smallest absolute Gasteiger partial charge is 0.226 e. The van der Waals surface area contributed by atoms with Gasteiger partial charge in [0.2, 0.25) is 5.91 Å². The number of hydrogen-bond donors (Lipinski definition) is 2. The van der Waals surface area contributed by atoms with Gasteiger partial charge in [0.15, 0.2) is 5.11 Å². The fourth-order valence-corrected chi connectivity index (χ4v) is 4.10. The van der Waals surface area contributed by atoms with Gasteiger partial charge in [-0.05, 0) is 74.1 Å². The number of carbonyl (C=O) groups excluding carboxylic acids is 1. The summed E-state index contributed by atoms with van der Waals surface area (Å²) in [6.45, 7) is 7.66. The molecule has 0 radical (unpaired) electrons. The summed E-state index contributed by atoms with van der Waals surface area (Å²) in [5, 5.41) is 7.01. The topological polar surface area (TPSA) is 70.4 Å². The molecule has 31 heavy (non-hydrogen) atoms. The van der Waals surface area contributed by atoms with Crippen LogP contribution in [-0.4, -0.2) is 16.0 Å². The lowest BCUT2D eigenvalue weighted by Gasteiger charge is -2.27. The number of carbonyl (C=O) groups is 1. The molecule has 4 rings (SSSR count). The van der Waals surface area contributed by atoms with E-state index in [1.165, 1.54) is 0 Å². The van der Waals surface area contributed by atoms with Crippen molar-refractivity contribution in [3.05, 3.63) is 77.5 Å². The second-order valence-electron chi connectivity index (χ2n) is 8.09. The fraction of sp³-hybridized carbons (Fsp3) is 0.292. The number of furan rings is 1. The van der Waals surface area contributed by atoms with Crippen molar-refractivity contribution in [2.75, 3.05) is 10.2 Å². The molecule has 1 amide bonds. The summed E-state index contributed by atoms with van der Waals surface area (Å²) in [6.07, 6.45) is 1.78. The fourth-order valence-electron chi connectivity index (χ4n) is 3.75. The molecule has 0 aliphatic carbocycles. The highest BCUT2D eigenvalue weighted by atomic mass is 32.1. The van der Waals surface area contributed by atoms with E-state index in [0.717, 1.165) is 34.2 Å². The predicted molar refractivity (Wildman–Crippen MR) is 126 cm³/mol. The highest BCUT2D eigenvalue weighted by molar-refractivity contribution is 7.80. The van der Waals surface area contributed by atoms with E-state index in [4.69, 9.17) is 16.6 Å². The number of nitrogens with zero attached hydrogens (tertiary/aromatic N) is 2. The maximum atomic E-state index is 12.1. The van der Waals surface area contributed by atoms with E-state index in [1.807, 2.05) is 76.2 Å². The first-order valence-corrected chi connectivity index (χ1v) is 10.7. The Balaban J connectivity index is 1.73. The standard InChI is InChI=1S/C24H26N4O2S/c1-14(2)23(29)26-18-10-9-17(13-15(18)3)28-22(20-11-8-16(4)30-20)21(27-24(28)31)19-7-5-6-12-25-19/h5-14,21-22H,1-4H3,(H,26,29)(H,27,31)/t21-,22+/m0/s1. The highest BCUT2D eigenvalue weighted by Gasteiger charge is 2.42. The zero-order valence-electron chi connectivity index (χ0n) is 18.0. The summed E-state index contributed by atoms with van der Waals surface area (Å²) in [4.78, 5) is 18.7. The lowest BCUT2D eigenvalue weighted by Crippen LogP contribution is -2.29. The Morgan fingerprint density at radius 3 is 2.61 bits per heavy atom. The minimum atomic E-state index is -0.188. The molecular weight excluding hydrogens is 408 g/mol.